The Hall–Kier alpha value is -1.02. The summed E-state index contributed by atoms with van der Waals surface area (Å²) >= 11 is 0. The highest BCUT2D eigenvalue weighted by Crippen LogP contribution is 2.32. The smallest absolute Gasteiger partial charge is 0.119 e. The van der Waals surface area contributed by atoms with Crippen LogP contribution in [0.25, 0.3) is 0 Å². The van der Waals surface area contributed by atoms with Crippen LogP contribution >= 0.6 is 0 Å². The van der Waals surface area contributed by atoms with Gasteiger partial charge in [-0.05, 0) is 56.3 Å². The third kappa shape index (κ3) is 5.65. The number of ether oxygens (including phenoxy) is 1. The Balaban J connectivity index is 1.70. The summed E-state index contributed by atoms with van der Waals surface area (Å²) in [5.74, 6) is 1.96. The van der Waals surface area contributed by atoms with Crippen LogP contribution in [0.4, 0.5) is 0 Å². The van der Waals surface area contributed by atoms with Crippen LogP contribution in [0.15, 0.2) is 24.3 Å². The van der Waals surface area contributed by atoms with Crippen LogP contribution in [0.1, 0.15) is 45.1 Å². The van der Waals surface area contributed by atoms with Gasteiger partial charge in [-0.25, -0.2) is 0 Å². The fourth-order valence-corrected chi connectivity index (χ4v) is 2.29. The molecule has 106 valence electrons. The van der Waals surface area contributed by atoms with E-state index in [9.17, 15) is 0 Å². The highest BCUT2D eigenvalue weighted by atomic mass is 16.5. The van der Waals surface area contributed by atoms with E-state index in [0.29, 0.717) is 6.04 Å². The van der Waals surface area contributed by atoms with Crippen molar-refractivity contribution in [1.82, 2.24) is 5.32 Å². The highest BCUT2D eigenvalue weighted by molar-refractivity contribution is 5.27. The zero-order chi connectivity index (χ0) is 13.5. The van der Waals surface area contributed by atoms with Gasteiger partial charge in [-0.2, -0.15) is 0 Å². The number of hydrogen-bond acceptors (Lipinski definition) is 2. The summed E-state index contributed by atoms with van der Waals surface area (Å²) in [7, 11) is 0. The summed E-state index contributed by atoms with van der Waals surface area (Å²) in [5, 5.41) is 3.52. The van der Waals surface area contributed by atoms with Crippen molar-refractivity contribution in [3.8, 4) is 5.75 Å². The third-order valence-electron chi connectivity index (χ3n) is 3.70. The molecular weight excluding hydrogens is 234 g/mol. The zero-order valence-electron chi connectivity index (χ0n) is 12.3. The number of benzene rings is 1. The molecule has 0 spiro atoms. The molecule has 0 aromatic heterocycles. The summed E-state index contributed by atoms with van der Waals surface area (Å²) in [6.07, 6.45) is 6.32. The summed E-state index contributed by atoms with van der Waals surface area (Å²) in [5.41, 5.74) is 1.38. The lowest BCUT2D eigenvalue weighted by molar-refractivity contribution is 0.302. The molecule has 1 aliphatic rings. The van der Waals surface area contributed by atoms with Gasteiger partial charge in [-0.15, -0.1) is 0 Å². The van der Waals surface area contributed by atoms with Crippen molar-refractivity contribution in [3.05, 3.63) is 29.8 Å². The third-order valence-corrected chi connectivity index (χ3v) is 3.70. The Morgan fingerprint density at radius 2 is 2.00 bits per heavy atom. The van der Waals surface area contributed by atoms with E-state index in [0.717, 1.165) is 31.2 Å². The summed E-state index contributed by atoms with van der Waals surface area (Å²) in [6, 6.07) is 9.14. The van der Waals surface area contributed by atoms with E-state index in [1.165, 1.54) is 31.2 Å². The van der Waals surface area contributed by atoms with Crippen LogP contribution in [0, 0.1) is 5.92 Å². The second-order valence-corrected chi connectivity index (χ2v) is 5.78. The SMILES string of the molecule is CCCNC(C)Cc1ccc(OCCC2CC2)cc1. The van der Waals surface area contributed by atoms with Gasteiger partial charge in [0.2, 0.25) is 0 Å². The molecule has 1 unspecified atom stereocenters. The molecule has 1 fully saturated rings. The van der Waals surface area contributed by atoms with E-state index in [2.05, 4.69) is 43.4 Å². The molecule has 0 radical (unpaired) electrons. The van der Waals surface area contributed by atoms with Crippen molar-refractivity contribution in [2.24, 2.45) is 5.92 Å². The van der Waals surface area contributed by atoms with Crippen molar-refractivity contribution < 1.29 is 4.74 Å². The molecule has 1 aromatic rings. The van der Waals surface area contributed by atoms with Gasteiger partial charge in [-0.1, -0.05) is 31.9 Å². The van der Waals surface area contributed by atoms with Gasteiger partial charge in [-0.3, -0.25) is 0 Å². The Labute approximate surface area is 117 Å². The minimum Gasteiger partial charge on any atom is -0.494 e. The average Bonchev–Trinajstić information content (AvgIpc) is 3.23. The predicted octanol–water partition coefficient (Wildman–Crippen LogP) is 3.80. The second-order valence-electron chi connectivity index (χ2n) is 5.78. The van der Waals surface area contributed by atoms with Gasteiger partial charge in [0, 0.05) is 6.04 Å². The van der Waals surface area contributed by atoms with Crippen LogP contribution < -0.4 is 10.1 Å². The molecule has 0 saturated heterocycles. The predicted molar refractivity (Wildman–Crippen MR) is 80.7 cm³/mol. The first kappa shape index (κ1) is 14.4. The maximum Gasteiger partial charge on any atom is 0.119 e. The maximum absolute atomic E-state index is 5.77. The van der Waals surface area contributed by atoms with Crippen LogP contribution in [0.2, 0.25) is 0 Å². The highest BCUT2D eigenvalue weighted by Gasteiger charge is 2.20. The van der Waals surface area contributed by atoms with Crippen LogP contribution in [0.3, 0.4) is 0 Å². The summed E-state index contributed by atoms with van der Waals surface area (Å²) in [4.78, 5) is 0. The van der Waals surface area contributed by atoms with Crippen LogP contribution in [0.5, 0.6) is 5.75 Å². The lowest BCUT2D eigenvalue weighted by atomic mass is 10.1. The zero-order valence-corrected chi connectivity index (χ0v) is 12.3. The monoisotopic (exact) mass is 261 g/mol. The van der Waals surface area contributed by atoms with E-state index in [1.807, 2.05) is 0 Å². The van der Waals surface area contributed by atoms with Crippen LogP contribution in [-0.4, -0.2) is 19.2 Å². The summed E-state index contributed by atoms with van der Waals surface area (Å²) < 4.78 is 5.77. The number of rotatable bonds is 9. The maximum atomic E-state index is 5.77. The van der Waals surface area contributed by atoms with E-state index in [4.69, 9.17) is 4.74 Å². The van der Waals surface area contributed by atoms with Gasteiger partial charge in [0.05, 0.1) is 6.61 Å². The molecule has 1 saturated carbocycles. The largest absolute Gasteiger partial charge is 0.494 e. The molecule has 0 aliphatic heterocycles. The first-order chi connectivity index (χ1) is 9.28. The molecule has 0 amide bonds. The molecular formula is C17H27NO. The first-order valence-electron chi connectivity index (χ1n) is 7.73. The molecule has 19 heavy (non-hydrogen) atoms. The molecule has 1 aromatic carbocycles. The molecule has 0 bridgehead atoms. The van der Waals surface area contributed by atoms with Gasteiger partial charge >= 0.3 is 0 Å². The molecule has 2 nitrogen and oxygen atoms in total. The average molecular weight is 261 g/mol. The van der Waals surface area contributed by atoms with Crippen molar-refractivity contribution >= 4 is 0 Å². The lowest BCUT2D eigenvalue weighted by Gasteiger charge is -2.13. The van der Waals surface area contributed by atoms with Gasteiger partial charge < -0.3 is 10.1 Å². The van der Waals surface area contributed by atoms with Gasteiger partial charge in [0.1, 0.15) is 5.75 Å². The molecule has 2 rings (SSSR count). The Kier molecular flexibility index (Phi) is 5.71. The fourth-order valence-electron chi connectivity index (χ4n) is 2.29. The van der Waals surface area contributed by atoms with E-state index < -0.39 is 0 Å². The molecule has 1 aliphatic carbocycles. The number of hydrogen-bond donors (Lipinski definition) is 1. The van der Waals surface area contributed by atoms with Gasteiger partial charge in [0.25, 0.3) is 0 Å². The molecule has 1 N–H and O–H groups in total. The van der Waals surface area contributed by atoms with E-state index in [-0.39, 0.29) is 0 Å². The van der Waals surface area contributed by atoms with Crippen molar-refractivity contribution in [3.63, 3.8) is 0 Å². The Bertz CT molecular complexity index is 356. The van der Waals surface area contributed by atoms with E-state index >= 15 is 0 Å². The van der Waals surface area contributed by atoms with Crippen molar-refractivity contribution in [2.75, 3.05) is 13.2 Å². The second kappa shape index (κ2) is 7.54. The Morgan fingerprint density at radius 1 is 1.26 bits per heavy atom. The Morgan fingerprint density at radius 3 is 2.63 bits per heavy atom. The van der Waals surface area contributed by atoms with Crippen LogP contribution in [-0.2, 0) is 6.42 Å². The number of nitrogens with one attached hydrogen (secondary N) is 1. The van der Waals surface area contributed by atoms with Crippen molar-refractivity contribution in [2.45, 2.75) is 52.0 Å². The topological polar surface area (TPSA) is 21.3 Å². The minimum atomic E-state index is 0.543. The first-order valence-corrected chi connectivity index (χ1v) is 7.73. The molecule has 1 atom stereocenters. The minimum absolute atomic E-state index is 0.543. The normalized spacial score (nSPS) is 16.3. The standard InChI is InChI=1S/C17H27NO/c1-3-11-18-14(2)13-16-6-8-17(9-7-16)19-12-10-15-4-5-15/h6-9,14-15,18H,3-5,10-13H2,1-2H3. The fraction of sp³-hybridized carbons (Fsp3) is 0.647. The van der Waals surface area contributed by atoms with E-state index in [1.54, 1.807) is 0 Å². The molecule has 0 heterocycles. The molecule has 2 heteroatoms. The summed E-state index contributed by atoms with van der Waals surface area (Å²) in [6.45, 7) is 6.42. The van der Waals surface area contributed by atoms with Crippen molar-refractivity contribution in [1.29, 1.82) is 0 Å². The van der Waals surface area contributed by atoms with Gasteiger partial charge in [0.15, 0.2) is 0 Å². The lowest BCUT2D eigenvalue weighted by Crippen LogP contribution is -2.28. The quantitative estimate of drug-likeness (QED) is 0.730.